The molecule has 0 aliphatic carbocycles. The molecule has 1 N–H and O–H groups in total. The average Bonchev–Trinajstić information content (AvgIpc) is 2.53. The van der Waals surface area contributed by atoms with Gasteiger partial charge in [-0.3, -0.25) is 0 Å². The van der Waals surface area contributed by atoms with E-state index in [4.69, 9.17) is 4.74 Å². The summed E-state index contributed by atoms with van der Waals surface area (Å²) in [4.78, 5) is 11.4. The summed E-state index contributed by atoms with van der Waals surface area (Å²) in [6, 6.07) is 11.8. The quantitative estimate of drug-likeness (QED) is 0.858. The van der Waals surface area contributed by atoms with Crippen molar-refractivity contribution >= 4 is 11.7 Å². The minimum absolute atomic E-state index is 0.0859. The number of carbonyl (C=O) groups is 1. The molecular formula is C16H16FNO3. The predicted molar refractivity (Wildman–Crippen MR) is 78.1 cm³/mol. The van der Waals surface area contributed by atoms with E-state index in [0.717, 1.165) is 11.3 Å². The Hall–Kier alpha value is -2.56. The Bertz CT molecular complexity index is 626. The van der Waals surface area contributed by atoms with Crippen LogP contribution in [0.4, 0.5) is 10.1 Å². The van der Waals surface area contributed by atoms with Crippen LogP contribution in [0.1, 0.15) is 15.9 Å². The van der Waals surface area contributed by atoms with Crippen molar-refractivity contribution in [2.45, 2.75) is 6.54 Å². The molecule has 0 unspecified atom stereocenters. The minimum atomic E-state index is -0.694. The number of anilines is 1. The average molecular weight is 289 g/mol. The van der Waals surface area contributed by atoms with Crippen LogP contribution < -0.4 is 10.1 Å². The third-order valence-electron chi connectivity index (χ3n) is 3.03. The van der Waals surface area contributed by atoms with Gasteiger partial charge < -0.3 is 14.8 Å². The first kappa shape index (κ1) is 14.8. The van der Waals surface area contributed by atoms with Crippen LogP contribution in [0.2, 0.25) is 0 Å². The topological polar surface area (TPSA) is 47.6 Å². The third-order valence-corrected chi connectivity index (χ3v) is 3.03. The molecule has 0 aliphatic heterocycles. The van der Waals surface area contributed by atoms with Crippen LogP contribution in [0.15, 0.2) is 42.5 Å². The molecule has 0 aliphatic rings. The predicted octanol–water partition coefficient (Wildman–Crippen LogP) is 3.23. The van der Waals surface area contributed by atoms with Crippen LogP contribution in [-0.4, -0.2) is 20.2 Å². The van der Waals surface area contributed by atoms with Crippen molar-refractivity contribution in [3.8, 4) is 5.75 Å². The molecular weight excluding hydrogens is 273 g/mol. The smallest absolute Gasteiger partial charge is 0.340 e. The van der Waals surface area contributed by atoms with Gasteiger partial charge in [-0.1, -0.05) is 12.1 Å². The van der Waals surface area contributed by atoms with Gasteiger partial charge in [-0.15, -0.1) is 0 Å². The molecule has 0 spiro atoms. The molecule has 0 saturated heterocycles. The van der Waals surface area contributed by atoms with E-state index < -0.39 is 11.8 Å². The van der Waals surface area contributed by atoms with Crippen LogP contribution in [-0.2, 0) is 11.3 Å². The largest absolute Gasteiger partial charge is 0.497 e. The van der Waals surface area contributed by atoms with E-state index in [1.54, 1.807) is 13.2 Å². The molecule has 110 valence electrons. The van der Waals surface area contributed by atoms with E-state index in [-0.39, 0.29) is 5.56 Å². The lowest BCUT2D eigenvalue weighted by Gasteiger charge is -2.09. The van der Waals surface area contributed by atoms with E-state index >= 15 is 0 Å². The van der Waals surface area contributed by atoms with E-state index in [9.17, 15) is 9.18 Å². The second-order valence-corrected chi connectivity index (χ2v) is 4.39. The number of halogens is 1. The summed E-state index contributed by atoms with van der Waals surface area (Å²) in [6.45, 7) is 0.552. The molecule has 2 aromatic carbocycles. The third kappa shape index (κ3) is 3.72. The zero-order chi connectivity index (χ0) is 15.2. The van der Waals surface area contributed by atoms with E-state index in [2.05, 4.69) is 10.1 Å². The van der Waals surface area contributed by atoms with Gasteiger partial charge in [-0.25, -0.2) is 9.18 Å². The van der Waals surface area contributed by atoms with Gasteiger partial charge in [-0.2, -0.15) is 0 Å². The van der Waals surface area contributed by atoms with E-state index in [1.165, 1.54) is 19.2 Å². The van der Waals surface area contributed by atoms with Gasteiger partial charge in [0.05, 0.1) is 19.8 Å². The molecule has 2 aromatic rings. The first-order chi connectivity index (χ1) is 10.1. The van der Waals surface area contributed by atoms with Crippen molar-refractivity contribution in [1.29, 1.82) is 0 Å². The number of benzene rings is 2. The second-order valence-electron chi connectivity index (χ2n) is 4.39. The highest BCUT2D eigenvalue weighted by Crippen LogP contribution is 2.17. The van der Waals surface area contributed by atoms with Gasteiger partial charge in [-0.05, 0) is 35.9 Å². The molecule has 0 aromatic heterocycles. The number of rotatable bonds is 5. The summed E-state index contributed by atoms with van der Waals surface area (Å²) in [6.07, 6.45) is 0. The molecule has 0 saturated carbocycles. The number of carbonyl (C=O) groups excluding carboxylic acids is 1. The second kappa shape index (κ2) is 6.74. The molecule has 0 amide bonds. The first-order valence-corrected chi connectivity index (χ1v) is 6.38. The highest BCUT2D eigenvalue weighted by molar-refractivity contribution is 5.90. The SMILES string of the molecule is COC(=O)c1cc(NCc2ccc(OC)cc2)ccc1F. The standard InChI is InChI=1S/C16H16FNO3/c1-20-13-6-3-11(4-7-13)10-18-12-5-8-15(17)14(9-12)16(19)21-2/h3-9,18H,10H2,1-2H3. The zero-order valence-corrected chi connectivity index (χ0v) is 11.9. The fourth-order valence-electron chi connectivity index (χ4n) is 1.85. The van der Waals surface area contributed by atoms with E-state index in [1.807, 2.05) is 24.3 Å². The zero-order valence-electron chi connectivity index (χ0n) is 11.9. The van der Waals surface area contributed by atoms with Crippen LogP contribution in [0, 0.1) is 5.82 Å². The molecule has 2 rings (SSSR count). The van der Waals surface area contributed by atoms with E-state index in [0.29, 0.717) is 12.2 Å². The number of esters is 1. The number of methoxy groups -OCH3 is 2. The molecule has 0 radical (unpaired) electrons. The first-order valence-electron chi connectivity index (χ1n) is 6.38. The molecule has 4 nitrogen and oxygen atoms in total. The summed E-state index contributed by atoms with van der Waals surface area (Å²) >= 11 is 0. The number of hydrogen-bond donors (Lipinski definition) is 1. The van der Waals surface area contributed by atoms with Crippen molar-refractivity contribution in [2.24, 2.45) is 0 Å². The maximum Gasteiger partial charge on any atom is 0.340 e. The normalized spacial score (nSPS) is 10.0. The maximum atomic E-state index is 13.5. The highest BCUT2D eigenvalue weighted by atomic mass is 19.1. The van der Waals surface area contributed by atoms with Crippen LogP contribution in [0.3, 0.4) is 0 Å². The lowest BCUT2D eigenvalue weighted by Crippen LogP contribution is -2.06. The Labute approximate surface area is 122 Å². The highest BCUT2D eigenvalue weighted by Gasteiger charge is 2.12. The summed E-state index contributed by atoms with van der Waals surface area (Å²) in [5.41, 5.74) is 1.60. The number of hydrogen-bond acceptors (Lipinski definition) is 4. The Kier molecular flexibility index (Phi) is 4.77. The van der Waals surface area contributed by atoms with Crippen molar-refractivity contribution in [3.05, 3.63) is 59.4 Å². The van der Waals surface area contributed by atoms with Crippen molar-refractivity contribution in [2.75, 3.05) is 19.5 Å². The molecule has 0 bridgehead atoms. The van der Waals surface area contributed by atoms with Crippen molar-refractivity contribution in [1.82, 2.24) is 0 Å². The molecule has 5 heteroatoms. The fourth-order valence-corrected chi connectivity index (χ4v) is 1.85. The molecule has 0 atom stereocenters. The lowest BCUT2D eigenvalue weighted by molar-refractivity contribution is 0.0595. The number of ether oxygens (including phenoxy) is 2. The summed E-state index contributed by atoms with van der Waals surface area (Å²) in [5, 5.41) is 3.13. The molecule has 0 fully saturated rings. The van der Waals surface area contributed by atoms with Gasteiger partial charge in [0.2, 0.25) is 0 Å². The summed E-state index contributed by atoms with van der Waals surface area (Å²) in [5.74, 6) is -0.508. The Morgan fingerprint density at radius 1 is 1.14 bits per heavy atom. The van der Waals surface area contributed by atoms with Gasteiger partial charge in [0.1, 0.15) is 11.6 Å². The van der Waals surface area contributed by atoms with Gasteiger partial charge in [0.25, 0.3) is 0 Å². The Morgan fingerprint density at radius 2 is 1.86 bits per heavy atom. The number of nitrogens with one attached hydrogen (secondary N) is 1. The molecule has 0 heterocycles. The van der Waals surface area contributed by atoms with Gasteiger partial charge in [0.15, 0.2) is 0 Å². The van der Waals surface area contributed by atoms with Crippen molar-refractivity contribution in [3.63, 3.8) is 0 Å². The minimum Gasteiger partial charge on any atom is -0.497 e. The Balaban J connectivity index is 2.07. The lowest BCUT2D eigenvalue weighted by atomic mass is 10.1. The van der Waals surface area contributed by atoms with Crippen LogP contribution >= 0.6 is 0 Å². The van der Waals surface area contributed by atoms with Crippen molar-refractivity contribution < 1.29 is 18.7 Å². The van der Waals surface area contributed by atoms with Crippen LogP contribution in [0.25, 0.3) is 0 Å². The van der Waals surface area contributed by atoms with Gasteiger partial charge >= 0.3 is 5.97 Å². The maximum absolute atomic E-state index is 13.5. The molecule has 21 heavy (non-hydrogen) atoms. The monoisotopic (exact) mass is 289 g/mol. The van der Waals surface area contributed by atoms with Crippen LogP contribution in [0.5, 0.6) is 5.75 Å². The Morgan fingerprint density at radius 3 is 2.48 bits per heavy atom. The summed E-state index contributed by atoms with van der Waals surface area (Å²) < 4.78 is 23.1. The fraction of sp³-hybridized carbons (Fsp3) is 0.188. The van der Waals surface area contributed by atoms with Gasteiger partial charge in [0, 0.05) is 12.2 Å². The summed E-state index contributed by atoms with van der Waals surface area (Å²) in [7, 11) is 2.83.